The highest BCUT2D eigenvalue weighted by atomic mass is 16.5. The van der Waals surface area contributed by atoms with E-state index in [4.69, 9.17) is 9.94 Å². The van der Waals surface area contributed by atoms with Crippen molar-refractivity contribution in [3.63, 3.8) is 0 Å². The van der Waals surface area contributed by atoms with Crippen LogP contribution in [0.4, 0.5) is 0 Å². The lowest BCUT2D eigenvalue weighted by Gasteiger charge is -2.35. The van der Waals surface area contributed by atoms with E-state index >= 15 is 0 Å². The van der Waals surface area contributed by atoms with E-state index in [2.05, 4.69) is 5.16 Å². The first-order valence-corrected chi connectivity index (χ1v) is 7.23. The number of quaternary nitrogens is 1. The molecule has 3 N–H and O–H groups in total. The molecule has 0 radical (unpaired) electrons. The van der Waals surface area contributed by atoms with Crippen molar-refractivity contribution in [1.82, 2.24) is 0 Å². The molecule has 3 aliphatic rings. The van der Waals surface area contributed by atoms with Crippen LogP contribution in [0.2, 0.25) is 0 Å². The predicted molar refractivity (Wildman–Crippen MR) is 71.2 cm³/mol. The molecule has 0 aromatic heterocycles. The fourth-order valence-electron chi connectivity index (χ4n) is 3.90. The topological polar surface area (TPSA) is 92.6 Å². The van der Waals surface area contributed by atoms with Gasteiger partial charge in [-0.15, -0.1) is 0 Å². The number of nitrogens with one attached hydrogen (secondary N) is 1. The lowest BCUT2D eigenvalue weighted by atomic mass is 9.78. The molecular formula is C13H22N3O4+. The van der Waals surface area contributed by atoms with Crippen molar-refractivity contribution in [3.8, 4) is 0 Å². The first-order chi connectivity index (χ1) is 9.52. The number of hydroxylamine groups is 1. The van der Waals surface area contributed by atoms with Crippen LogP contribution < -0.4 is 4.90 Å². The van der Waals surface area contributed by atoms with E-state index in [-0.39, 0.29) is 6.42 Å². The summed E-state index contributed by atoms with van der Waals surface area (Å²) in [7, 11) is 0. The summed E-state index contributed by atoms with van der Waals surface area (Å²) in [6, 6.07) is 0. The fourth-order valence-corrected chi connectivity index (χ4v) is 3.90. The number of rotatable bonds is 1. The van der Waals surface area contributed by atoms with Crippen molar-refractivity contribution >= 4 is 11.4 Å². The van der Waals surface area contributed by atoms with Gasteiger partial charge in [0.2, 0.25) is 5.71 Å². The Hall–Kier alpha value is -1.18. The molecule has 2 aliphatic heterocycles. The maximum atomic E-state index is 12.7. The molecule has 3 rings (SSSR count). The summed E-state index contributed by atoms with van der Waals surface area (Å²) in [5, 5.41) is 36.0. The average molecular weight is 284 g/mol. The van der Waals surface area contributed by atoms with Crippen molar-refractivity contribution in [2.75, 3.05) is 26.3 Å². The highest BCUT2D eigenvalue weighted by molar-refractivity contribution is 6.15. The highest BCUT2D eigenvalue weighted by Gasteiger charge is 2.64. The smallest absolute Gasteiger partial charge is 0.298 e. The first-order valence-electron chi connectivity index (χ1n) is 7.23. The molecule has 1 aliphatic carbocycles. The van der Waals surface area contributed by atoms with Gasteiger partial charge in [0, 0.05) is 6.42 Å². The third kappa shape index (κ3) is 1.77. The van der Waals surface area contributed by atoms with Gasteiger partial charge in [-0.05, 0) is 12.8 Å². The Morgan fingerprint density at radius 1 is 1.35 bits per heavy atom. The first kappa shape index (κ1) is 13.8. The summed E-state index contributed by atoms with van der Waals surface area (Å²) in [4.78, 5) is 1.13. The number of nitrogens with zero attached hydrogens (tertiary/aromatic N) is 2. The van der Waals surface area contributed by atoms with Crippen molar-refractivity contribution < 1.29 is 24.7 Å². The zero-order valence-corrected chi connectivity index (χ0v) is 11.8. The minimum absolute atomic E-state index is 0.285. The molecule has 0 aromatic rings. The van der Waals surface area contributed by atoms with Crippen LogP contribution in [0.5, 0.6) is 0 Å². The quantitative estimate of drug-likeness (QED) is 0.242. The molecule has 20 heavy (non-hydrogen) atoms. The molecule has 2 heterocycles. The summed E-state index contributed by atoms with van der Waals surface area (Å²) in [5.74, 6) is 0. The van der Waals surface area contributed by atoms with Crippen LogP contribution in [0.25, 0.3) is 0 Å². The van der Waals surface area contributed by atoms with Gasteiger partial charge in [-0.2, -0.15) is 4.74 Å². The van der Waals surface area contributed by atoms with Gasteiger partial charge in [0.05, 0.1) is 25.8 Å². The van der Waals surface area contributed by atoms with Gasteiger partial charge in [-0.1, -0.05) is 5.16 Å². The van der Waals surface area contributed by atoms with E-state index in [0.717, 1.165) is 29.1 Å². The monoisotopic (exact) mass is 284 g/mol. The van der Waals surface area contributed by atoms with Gasteiger partial charge in [-0.25, -0.2) is 0 Å². The molecule has 0 amide bonds. The Balaban J connectivity index is 1.98. The molecule has 0 bridgehead atoms. The average Bonchev–Trinajstić information content (AvgIpc) is 2.68. The Morgan fingerprint density at radius 3 is 2.70 bits per heavy atom. The van der Waals surface area contributed by atoms with E-state index in [1.165, 1.54) is 0 Å². The van der Waals surface area contributed by atoms with Crippen LogP contribution in [-0.4, -0.2) is 64.0 Å². The van der Waals surface area contributed by atoms with E-state index in [1.54, 1.807) is 0 Å². The van der Waals surface area contributed by atoms with Crippen LogP contribution >= 0.6 is 0 Å². The Kier molecular flexibility index (Phi) is 3.23. The molecule has 2 atom stereocenters. The zero-order valence-electron chi connectivity index (χ0n) is 11.8. The summed E-state index contributed by atoms with van der Waals surface area (Å²) < 4.78 is 6.34. The zero-order chi connectivity index (χ0) is 14.4. The molecule has 0 aromatic carbocycles. The summed E-state index contributed by atoms with van der Waals surface area (Å²) in [6.07, 6.45) is 2.13. The highest BCUT2D eigenvalue weighted by Crippen LogP contribution is 2.36. The van der Waals surface area contributed by atoms with Gasteiger partial charge in [0.1, 0.15) is 19.5 Å². The van der Waals surface area contributed by atoms with Crippen molar-refractivity contribution in [2.45, 2.75) is 43.9 Å². The molecule has 7 nitrogen and oxygen atoms in total. The second-order valence-electron chi connectivity index (χ2n) is 6.17. The van der Waals surface area contributed by atoms with Crippen LogP contribution in [0.3, 0.4) is 0 Å². The molecule has 0 unspecified atom stereocenters. The van der Waals surface area contributed by atoms with Crippen LogP contribution in [0.1, 0.15) is 32.6 Å². The van der Waals surface area contributed by atoms with Gasteiger partial charge < -0.3 is 20.3 Å². The van der Waals surface area contributed by atoms with Gasteiger partial charge in [-0.3, -0.25) is 4.90 Å². The number of ether oxygens (including phenoxy) is 1. The van der Waals surface area contributed by atoms with Crippen molar-refractivity contribution in [1.29, 1.82) is 0 Å². The van der Waals surface area contributed by atoms with Crippen LogP contribution in [-0.2, 0) is 4.74 Å². The van der Waals surface area contributed by atoms with E-state index in [1.807, 2.05) is 6.92 Å². The van der Waals surface area contributed by atoms with Crippen molar-refractivity contribution in [2.24, 2.45) is 5.16 Å². The lowest BCUT2D eigenvalue weighted by molar-refractivity contribution is -1.04. The Bertz CT molecular complexity index is 472. The second-order valence-corrected chi connectivity index (χ2v) is 6.17. The molecule has 1 saturated heterocycles. The number of hydrogen-bond donors (Lipinski definition) is 3. The van der Waals surface area contributed by atoms with Crippen LogP contribution in [0, 0.1) is 5.21 Å². The third-order valence-corrected chi connectivity index (χ3v) is 5.05. The minimum atomic E-state index is -1.37. The molecule has 112 valence electrons. The third-order valence-electron chi connectivity index (χ3n) is 5.05. The second kappa shape index (κ2) is 4.68. The Morgan fingerprint density at radius 2 is 2.05 bits per heavy atom. The molecular weight excluding hydrogens is 262 g/mol. The van der Waals surface area contributed by atoms with Crippen LogP contribution in [0.15, 0.2) is 5.16 Å². The maximum Gasteiger partial charge on any atom is 0.298 e. The van der Waals surface area contributed by atoms with Gasteiger partial charge >= 0.3 is 0 Å². The molecule has 7 heteroatoms. The standard InChI is InChI=1S/C13H21N3O4/c1-12(15-5-7-20-8-6-15)9-13(17)10(14-18)3-2-4-11(13)16(12)19/h17-18H,2-9H2,1H3/p+1/b14-10-/t12-,13+/m0/s1. The lowest BCUT2D eigenvalue weighted by Crippen LogP contribution is -3.22. The summed E-state index contributed by atoms with van der Waals surface area (Å²) in [6.45, 7) is 4.66. The normalized spacial score (nSPS) is 41.2. The number of morpholine rings is 1. The SMILES string of the molecule is C[C@@]1([NH+]2CCOCC2)C[C@]2(O)C(=[N+]1[O-])CCC/C2=N/O. The predicted octanol–water partition coefficient (Wildman–Crippen LogP) is -1.28. The largest absolute Gasteiger partial charge is 0.619 e. The van der Waals surface area contributed by atoms with Crippen molar-refractivity contribution in [3.05, 3.63) is 5.21 Å². The molecule has 0 spiro atoms. The summed E-state index contributed by atoms with van der Waals surface area (Å²) >= 11 is 0. The van der Waals surface area contributed by atoms with E-state index in [0.29, 0.717) is 37.5 Å². The molecule has 1 saturated carbocycles. The number of aliphatic hydroxyl groups is 1. The van der Waals surface area contributed by atoms with Gasteiger partial charge in [0.15, 0.2) is 5.60 Å². The minimum Gasteiger partial charge on any atom is -0.619 e. The Labute approximate surface area is 117 Å². The van der Waals surface area contributed by atoms with E-state index in [9.17, 15) is 10.3 Å². The molecule has 2 fully saturated rings. The number of hydrogen-bond acceptors (Lipinski definition) is 5. The van der Waals surface area contributed by atoms with Gasteiger partial charge in [0.25, 0.3) is 5.66 Å². The fraction of sp³-hybridized carbons (Fsp3) is 0.846. The maximum absolute atomic E-state index is 12.7. The number of fused-ring (bicyclic) bond motifs is 1. The number of oxime groups is 1. The van der Waals surface area contributed by atoms with E-state index < -0.39 is 11.3 Å². The summed E-state index contributed by atoms with van der Waals surface area (Å²) in [5.41, 5.74) is -1.29.